The summed E-state index contributed by atoms with van der Waals surface area (Å²) in [5.74, 6) is -5.07. The highest BCUT2D eigenvalue weighted by Crippen LogP contribution is 2.54. The Morgan fingerprint density at radius 2 is 1.67 bits per heavy atom. The van der Waals surface area contributed by atoms with Crippen LogP contribution < -0.4 is 4.90 Å². The quantitative estimate of drug-likeness (QED) is 0.372. The van der Waals surface area contributed by atoms with E-state index in [1.54, 1.807) is 13.0 Å². The molecule has 0 bridgehead atoms. The van der Waals surface area contributed by atoms with Crippen LogP contribution in [0.3, 0.4) is 0 Å². The van der Waals surface area contributed by atoms with Gasteiger partial charge in [-0.05, 0) is 71.2 Å². The number of anilines is 1. The Hall–Kier alpha value is -3.23. The maximum absolute atomic E-state index is 14.2. The lowest BCUT2D eigenvalue weighted by molar-refractivity contribution is -0.138. The van der Waals surface area contributed by atoms with Gasteiger partial charge >= 0.3 is 12.1 Å². The van der Waals surface area contributed by atoms with Crippen LogP contribution in [0, 0.1) is 11.3 Å². The minimum atomic E-state index is -4.62. The number of amides is 1. The number of hydrogen-bond acceptors (Lipinski definition) is 2. The van der Waals surface area contributed by atoms with Crippen molar-refractivity contribution in [3.63, 3.8) is 0 Å². The summed E-state index contributed by atoms with van der Waals surface area (Å²) in [6, 6.07) is 9.66. The zero-order valence-corrected chi connectivity index (χ0v) is 22.3. The molecule has 0 spiro atoms. The summed E-state index contributed by atoms with van der Waals surface area (Å²) < 4.78 is 70.5. The Kier molecular flexibility index (Phi) is 7.19. The monoisotopic (exact) mass is 549 g/mol. The molecule has 0 saturated heterocycles. The highest BCUT2D eigenvalue weighted by atomic mass is 19.4. The third-order valence-corrected chi connectivity index (χ3v) is 7.80. The first-order valence-corrected chi connectivity index (χ1v) is 12.9. The van der Waals surface area contributed by atoms with Gasteiger partial charge in [0.1, 0.15) is 0 Å². The molecule has 210 valence electrons. The molecular formula is C30H32F5NO3. The van der Waals surface area contributed by atoms with Gasteiger partial charge in [-0.25, -0.2) is 13.6 Å². The Balaban J connectivity index is 1.79. The highest BCUT2D eigenvalue weighted by Gasteiger charge is 2.53. The van der Waals surface area contributed by atoms with Crippen LogP contribution in [-0.2, 0) is 22.8 Å². The van der Waals surface area contributed by atoms with Gasteiger partial charge in [-0.3, -0.25) is 9.69 Å². The molecule has 1 aliphatic carbocycles. The number of carboxylic acid groups (broad SMARTS) is 1. The number of alkyl halides is 5. The second-order valence-electron chi connectivity index (χ2n) is 12.1. The molecule has 1 atom stereocenters. The van der Waals surface area contributed by atoms with E-state index in [-0.39, 0.29) is 34.9 Å². The zero-order chi connectivity index (χ0) is 29.0. The third kappa shape index (κ3) is 6.02. The zero-order valence-electron chi connectivity index (χ0n) is 22.3. The number of allylic oxidation sites excluding steroid dienone is 1. The van der Waals surface area contributed by atoms with Crippen molar-refractivity contribution >= 4 is 17.6 Å². The largest absolute Gasteiger partial charge is 0.478 e. The van der Waals surface area contributed by atoms with Gasteiger partial charge in [0.05, 0.1) is 11.1 Å². The predicted octanol–water partition coefficient (Wildman–Crippen LogP) is 8.01. The molecule has 1 aliphatic heterocycles. The van der Waals surface area contributed by atoms with E-state index < -0.39 is 53.7 Å². The highest BCUT2D eigenvalue weighted by molar-refractivity contribution is 5.98. The van der Waals surface area contributed by atoms with E-state index in [1.165, 1.54) is 41.4 Å². The molecule has 2 aromatic carbocycles. The number of aryl methyl sites for hydroxylation is 1. The van der Waals surface area contributed by atoms with Crippen molar-refractivity contribution in [2.45, 2.75) is 77.3 Å². The fourth-order valence-corrected chi connectivity index (χ4v) is 5.44. The average molecular weight is 550 g/mol. The van der Waals surface area contributed by atoms with Gasteiger partial charge in [0.2, 0.25) is 11.8 Å². The molecule has 1 fully saturated rings. The second kappa shape index (κ2) is 9.75. The van der Waals surface area contributed by atoms with Crippen LogP contribution in [0.1, 0.15) is 80.4 Å². The van der Waals surface area contributed by atoms with Crippen molar-refractivity contribution in [2.75, 3.05) is 4.90 Å². The number of nitrogens with zero attached hydrogens (tertiary/aromatic N) is 1. The van der Waals surface area contributed by atoms with Crippen LogP contribution in [0.15, 0.2) is 54.2 Å². The first-order chi connectivity index (χ1) is 17.9. The molecule has 1 saturated carbocycles. The number of carboxylic acids is 1. The first-order valence-electron chi connectivity index (χ1n) is 12.9. The summed E-state index contributed by atoms with van der Waals surface area (Å²) in [6.07, 6.45) is -3.52. The Bertz CT molecular complexity index is 1300. The SMILES string of the molecule is CC(C)(C)CCc1ccc([C@]2(C)CC(=O)N(c3ccc(C(=O)O)cc3)C=C2C2CC(F)(F)C2)cc1C(F)(F)F. The number of halogens is 5. The van der Waals surface area contributed by atoms with Crippen molar-refractivity contribution in [1.82, 2.24) is 0 Å². The molecule has 9 heteroatoms. The van der Waals surface area contributed by atoms with E-state index in [1.807, 2.05) is 20.8 Å². The van der Waals surface area contributed by atoms with Gasteiger partial charge in [-0.1, -0.05) is 39.8 Å². The van der Waals surface area contributed by atoms with Gasteiger partial charge in [0.15, 0.2) is 0 Å². The lowest BCUT2D eigenvalue weighted by atomic mass is 9.61. The Morgan fingerprint density at radius 1 is 1.05 bits per heavy atom. The van der Waals surface area contributed by atoms with Crippen molar-refractivity contribution in [1.29, 1.82) is 0 Å². The molecule has 1 amide bonds. The summed E-state index contributed by atoms with van der Waals surface area (Å²) in [5.41, 5.74) is -0.920. The van der Waals surface area contributed by atoms with E-state index >= 15 is 0 Å². The smallest absolute Gasteiger partial charge is 0.416 e. The van der Waals surface area contributed by atoms with Crippen molar-refractivity contribution < 1.29 is 36.6 Å². The summed E-state index contributed by atoms with van der Waals surface area (Å²) in [7, 11) is 0. The number of rotatable bonds is 6. The Morgan fingerprint density at radius 3 is 2.18 bits per heavy atom. The second-order valence-corrected chi connectivity index (χ2v) is 12.1. The molecule has 0 unspecified atom stereocenters. The summed E-state index contributed by atoms with van der Waals surface area (Å²) >= 11 is 0. The van der Waals surface area contributed by atoms with E-state index in [2.05, 4.69) is 0 Å². The molecule has 39 heavy (non-hydrogen) atoms. The molecule has 0 radical (unpaired) electrons. The normalized spacial score (nSPS) is 21.9. The lowest BCUT2D eigenvalue weighted by Gasteiger charge is -2.47. The van der Waals surface area contributed by atoms with Crippen LogP contribution in [0.5, 0.6) is 0 Å². The molecule has 2 aromatic rings. The number of benzene rings is 2. The van der Waals surface area contributed by atoms with Crippen molar-refractivity contribution in [3.05, 3.63) is 76.5 Å². The summed E-state index contributed by atoms with van der Waals surface area (Å²) in [6.45, 7) is 7.50. The van der Waals surface area contributed by atoms with Crippen molar-refractivity contribution in [3.8, 4) is 0 Å². The predicted molar refractivity (Wildman–Crippen MR) is 138 cm³/mol. The molecular weight excluding hydrogens is 517 g/mol. The number of aromatic carboxylic acids is 1. The van der Waals surface area contributed by atoms with Gasteiger partial charge in [-0.2, -0.15) is 13.2 Å². The van der Waals surface area contributed by atoms with Crippen LogP contribution in [0.2, 0.25) is 0 Å². The first kappa shape index (κ1) is 28.8. The van der Waals surface area contributed by atoms with Crippen LogP contribution in [0.4, 0.5) is 27.6 Å². The number of hydrogen-bond donors (Lipinski definition) is 1. The van der Waals surface area contributed by atoms with Gasteiger partial charge in [0, 0.05) is 36.6 Å². The van der Waals surface area contributed by atoms with Crippen LogP contribution >= 0.6 is 0 Å². The molecule has 1 N–H and O–H groups in total. The minimum Gasteiger partial charge on any atom is -0.478 e. The van der Waals surface area contributed by atoms with Gasteiger partial charge < -0.3 is 5.11 Å². The van der Waals surface area contributed by atoms with E-state index in [0.29, 0.717) is 17.7 Å². The lowest BCUT2D eigenvalue weighted by Crippen LogP contribution is -2.47. The molecule has 2 aliphatic rings. The fraction of sp³-hybridized carbons (Fsp3) is 0.467. The minimum absolute atomic E-state index is 0.0158. The van der Waals surface area contributed by atoms with E-state index in [9.17, 15) is 31.5 Å². The van der Waals surface area contributed by atoms with Crippen LogP contribution in [-0.4, -0.2) is 22.9 Å². The van der Waals surface area contributed by atoms with Crippen molar-refractivity contribution in [2.24, 2.45) is 11.3 Å². The number of carbonyl (C=O) groups is 2. The topological polar surface area (TPSA) is 57.6 Å². The maximum atomic E-state index is 14.2. The van der Waals surface area contributed by atoms with Gasteiger partial charge in [0.25, 0.3) is 0 Å². The van der Waals surface area contributed by atoms with Gasteiger partial charge in [-0.15, -0.1) is 0 Å². The molecule has 1 heterocycles. The standard InChI is InChI=1S/C30H32F5NO3/c1-27(2,3)12-11-18-5-8-21(13-23(18)30(33,34)35)28(4)16-25(37)36(17-24(28)20-14-29(31,32)15-20)22-9-6-19(7-10-22)26(38)39/h5-10,13,17,20H,11-12,14-16H2,1-4H3,(H,38,39)/t28-/m0/s1. The van der Waals surface area contributed by atoms with E-state index in [0.717, 1.165) is 6.07 Å². The third-order valence-electron chi connectivity index (χ3n) is 7.80. The average Bonchev–Trinajstić information content (AvgIpc) is 2.80. The molecule has 0 aromatic heterocycles. The van der Waals surface area contributed by atoms with Crippen LogP contribution in [0.25, 0.3) is 0 Å². The fourth-order valence-electron chi connectivity index (χ4n) is 5.44. The molecule has 4 rings (SSSR count). The Labute approximate surface area is 224 Å². The number of carbonyl (C=O) groups excluding carboxylic acids is 1. The summed E-state index contributed by atoms with van der Waals surface area (Å²) in [5, 5.41) is 9.16. The summed E-state index contributed by atoms with van der Waals surface area (Å²) in [4.78, 5) is 25.9. The molecule has 4 nitrogen and oxygen atoms in total. The van der Waals surface area contributed by atoms with E-state index in [4.69, 9.17) is 5.11 Å². The maximum Gasteiger partial charge on any atom is 0.416 e.